The number of amides is 1. The summed E-state index contributed by atoms with van der Waals surface area (Å²) < 4.78 is 5.16. The van der Waals surface area contributed by atoms with Gasteiger partial charge in [-0.3, -0.25) is 4.79 Å². The Morgan fingerprint density at radius 2 is 1.92 bits per heavy atom. The number of carbonyl (C=O) groups excluding carboxylic acids is 1. The maximum Gasteiger partial charge on any atom is 0.405 e. The highest BCUT2D eigenvalue weighted by Crippen LogP contribution is 2.33. The van der Waals surface area contributed by atoms with E-state index in [1.165, 1.54) is 0 Å². The van der Waals surface area contributed by atoms with E-state index in [0.717, 1.165) is 22.4 Å². The van der Waals surface area contributed by atoms with Crippen molar-refractivity contribution in [2.75, 3.05) is 7.11 Å². The third kappa shape index (κ3) is 2.76. The molecule has 0 unspecified atom stereocenters. The molecule has 0 fully saturated rings. The summed E-state index contributed by atoms with van der Waals surface area (Å²) in [6.07, 6.45) is 3.45. The van der Waals surface area contributed by atoms with Crippen LogP contribution < -0.4 is 10.1 Å². The van der Waals surface area contributed by atoms with Crippen LogP contribution in [0.5, 0.6) is 5.75 Å². The molecule has 0 bridgehead atoms. The molecule has 0 aromatic heterocycles. The molecule has 0 spiro atoms. The van der Waals surface area contributed by atoms with E-state index in [0.29, 0.717) is 18.3 Å². The number of fused-ring (bicyclic) bond motifs is 1. The largest absolute Gasteiger partial charge is 0.497 e. The summed E-state index contributed by atoms with van der Waals surface area (Å²) in [7, 11) is 1.62. The second-order valence-electron chi connectivity index (χ2n) is 5.62. The van der Waals surface area contributed by atoms with E-state index in [1.54, 1.807) is 13.2 Å². The molecular weight excluding hydrogens is 306 g/mol. The number of nitrogens with one attached hydrogen (secondary N) is 1. The van der Waals surface area contributed by atoms with Gasteiger partial charge in [0.05, 0.1) is 7.11 Å². The van der Waals surface area contributed by atoms with Gasteiger partial charge < -0.3 is 15.2 Å². The third-order valence-electron chi connectivity index (χ3n) is 4.19. The van der Waals surface area contributed by atoms with Gasteiger partial charge in [0.15, 0.2) is 6.29 Å². The summed E-state index contributed by atoms with van der Waals surface area (Å²) in [6.45, 7) is 0. The van der Waals surface area contributed by atoms with Gasteiger partial charge in [0.1, 0.15) is 11.3 Å². The Balaban J connectivity index is 2.02. The van der Waals surface area contributed by atoms with Crippen molar-refractivity contribution in [1.82, 2.24) is 5.32 Å². The first kappa shape index (κ1) is 15.8. The summed E-state index contributed by atoms with van der Waals surface area (Å²) in [5, 5.41) is 11.4. The highest BCUT2D eigenvalue weighted by atomic mass is 16.5. The average molecular weight is 323 g/mol. The Morgan fingerprint density at radius 1 is 1.21 bits per heavy atom. The van der Waals surface area contributed by atoms with Crippen LogP contribution in [0, 0.1) is 0 Å². The average Bonchev–Trinajstić information content (AvgIpc) is 2.61. The van der Waals surface area contributed by atoms with Crippen LogP contribution in [-0.4, -0.2) is 24.6 Å². The maximum absolute atomic E-state index is 11.6. The van der Waals surface area contributed by atoms with Crippen LogP contribution in [0.1, 0.15) is 11.1 Å². The molecular formula is C19H17NO4. The van der Waals surface area contributed by atoms with Crippen molar-refractivity contribution in [3.8, 4) is 16.9 Å². The lowest BCUT2D eigenvalue weighted by atomic mass is 9.81. The minimum Gasteiger partial charge on any atom is -0.497 e. The van der Waals surface area contributed by atoms with Crippen molar-refractivity contribution in [2.24, 2.45) is 0 Å². The summed E-state index contributed by atoms with van der Waals surface area (Å²) in [4.78, 5) is 22.7. The monoisotopic (exact) mass is 323 g/mol. The minimum absolute atomic E-state index is 0.628. The number of hydrogen-bond acceptors (Lipinski definition) is 3. The van der Waals surface area contributed by atoms with Gasteiger partial charge in [0.25, 0.3) is 0 Å². The van der Waals surface area contributed by atoms with E-state index in [-0.39, 0.29) is 0 Å². The van der Waals surface area contributed by atoms with Crippen LogP contribution in [0.2, 0.25) is 0 Å². The molecule has 24 heavy (non-hydrogen) atoms. The number of ether oxygens (including phenoxy) is 1. The Kier molecular flexibility index (Phi) is 4.08. The lowest BCUT2D eigenvalue weighted by molar-refractivity contribution is -0.112. The van der Waals surface area contributed by atoms with Gasteiger partial charge in [-0.25, -0.2) is 4.79 Å². The molecule has 3 rings (SSSR count). The van der Waals surface area contributed by atoms with E-state index in [9.17, 15) is 9.59 Å². The highest BCUT2D eigenvalue weighted by Gasteiger charge is 2.35. The zero-order chi connectivity index (χ0) is 17.2. The van der Waals surface area contributed by atoms with Crippen molar-refractivity contribution in [1.29, 1.82) is 0 Å². The van der Waals surface area contributed by atoms with E-state index in [4.69, 9.17) is 9.84 Å². The van der Waals surface area contributed by atoms with Gasteiger partial charge in [0, 0.05) is 0 Å². The van der Waals surface area contributed by atoms with E-state index in [2.05, 4.69) is 5.32 Å². The number of carbonyl (C=O) groups is 2. The molecule has 1 aliphatic carbocycles. The maximum atomic E-state index is 11.6. The molecule has 1 atom stereocenters. The number of benzene rings is 2. The predicted molar refractivity (Wildman–Crippen MR) is 90.2 cm³/mol. The first-order valence-electron chi connectivity index (χ1n) is 7.51. The van der Waals surface area contributed by atoms with Crippen LogP contribution in [-0.2, 0) is 16.8 Å². The molecule has 5 nitrogen and oxygen atoms in total. The van der Waals surface area contributed by atoms with Crippen LogP contribution in [0.4, 0.5) is 4.79 Å². The SMILES string of the molecule is COc1ccc(-c2ccc3c(c2)CC=C[C@]3(C=O)NC(=O)O)cc1. The molecule has 0 aliphatic heterocycles. The zero-order valence-electron chi connectivity index (χ0n) is 13.2. The zero-order valence-corrected chi connectivity index (χ0v) is 13.2. The van der Waals surface area contributed by atoms with Crippen molar-refractivity contribution >= 4 is 12.4 Å². The van der Waals surface area contributed by atoms with E-state index >= 15 is 0 Å². The lowest BCUT2D eigenvalue weighted by Gasteiger charge is -2.30. The van der Waals surface area contributed by atoms with Crippen LogP contribution >= 0.6 is 0 Å². The fourth-order valence-corrected chi connectivity index (χ4v) is 3.01. The van der Waals surface area contributed by atoms with Gasteiger partial charge in [0.2, 0.25) is 0 Å². The molecule has 2 aromatic rings. The van der Waals surface area contributed by atoms with Crippen LogP contribution in [0.15, 0.2) is 54.6 Å². The minimum atomic E-state index is -1.32. The number of allylic oxidation sites excluding steroid dienone is 1. The smallest absolute Gasteiger partial charge is 0.405 e. The molecule has 2 aromatic carbocycles. The number of carboxylic acid groups (broad SMARTS) is 1. The number of aldehydes is 1. The van der Waals surface area contributed by atoms with Crippen LogP contribution in [0.25, 0.3) is 11.1 Å². The molecule has 122 valence electrons. The fraction of sp³-hybridized carbons (Fsp3) is 0.158. The Bertz CT molecular complexity index is 811. The Labute approximate surface area is 139 Å². The van der Waals surface area contributed by atoms with Crippen LogP contribution in [0.3, 0.4) is 0 Å². The molecule has 2 N–H and O–H groups in total. The molecule has 0 radical (unpaired) electrons. The standard InChI is InChI=1S/C19H17NO4/c1-24-16-7-4-13(5-8-16)14-6-9-17-15(11-14)3-2-10-19(17,12-21)20-18(22)23/h2,4-12,20H,3H2,1H3,(H,22,23)/t19-/m1/s1. The van der Waals surface area contributed by atoms with Gasteiger partial charge in [-0.2, -0.15) is 0 Å². The van der Waals surface area contributed by atoms with Crippen molar-refractivity contribution in [3.05, 3.63) is 65.7 Å². The summed E-state index contributed by atoms with van der Waals surface area (Å²) in [5.41, 5.74) is 2.29. The molecule has 1 amide bonds. The topological polar surface area (TPSA) is 75.6 Å². The first-order chi connectivity index (χ1) is 11.6. The summed E-state index contributed by atoms with van der Waals surface area (Å²) in [6, 6.07) is 13.4. The Hall–Kier alpha value is -3.08. The van der Waals surface area contributed by atoms with E-state index in [1.807, 2.05) is 48.5 Å². The lowest BCUT2D eigenvalue weighted by Crippen LogP contribution is -2.46. The fourth-order valence-electron chi connectivity index (χ4n) is 3.01. The second-order valence-corrected chi connectivity index (χ2v) is 5.62. The van der Waals surface area contributed by atoms with Gasteiger partial charge >= 0.3 is 6.09 Å². The molecule has 0 heterocycles. The molecule has 0 saturated heterocycles. The first-order valence-corrected chi connectivity index (χ1v) is 7.51. The summed E-state index contributed by atoms with van der Waals surface area (Å²) >= 11 is 0. The number of methoxy groups -OCH3 is 1. The van der Waals surface area contributed by atoms with Crippen molar-refractivity contribution in [2.45, 2.75) is 12.0 Å². The molecule has 0 saturated carbocycles. The molecule has 5 heteroatoms. The van der Waals surface area contributed by atoms with Crippen molar-refractivity contribution in [3.63, 3.8) is 0 Å². The predicted octanol–water partition coefficient (Wildman–Crippen LogP) is 3.14. The summed E-state index contributed by atoms with van der Waals surface area (Å²) in [5.74, 6) is 0.783. The van der Waals surface area contributed by atoms with Gasteiger partial charge in [-0.05, 0) is 40.8 Å². The normalized spacial score (nSPS) is 18.5. The Morgan fingerprint density at radius 3 is 2.54 bits per heavy atom. The van der Waals surface area contributed by atoms with E-state index < -0.39 is 11.6 Å². The van der Waals surface area contributed by atoms with Crippen molar-refractivity contribution < 1.29 is 19.4 Å². The number of rotatable bonds is 4. The second kappa shape index (κ2) is 6.20. The quantitative estimate of drug-likeness (QED) is 0.669. The molecule has 1 aliphatic rings. The number of hydrogen-bond donors (Lipinski definition) is 2. The van der Waals surface area contributed by atoms with Gasteiger partial charge in [-0.1, -0.05) is 42.5 Å². The highest BCUT2D eigenvalue weighted by molar-refractivity contribution is 5.81. The van der Waals surface area contributed by atoms with Gasteiger partial charge in [-0.15, -0.1) is 0 Å². The third-order valence-corrected chi connectivity index (χ3v) is 4.19.